The van der Waals surface area contributed by atoms with Crippen LogP contribution in [0.2, 0.25) is 0 Å². The van der Waals surface area contributed by atoms with E-state index in [1.165, 1.54) is 0 Å². The quantitative estimate of drug-likeness (QED) is 0.757. The molecular formula is C11H15ClN4O. The fourth-order valence-corrected chi connectivity index (χ4v) is 1.49. The fraction of sp³-hybridized carbons (Fsp3) is 0.273. The van der Waals surface area contributed by atoms with Crippen LogP contribution in [0.15, 0.2) is 24.3 Å². The number of aromatic amines is 1. The van der Waals surface area contributed by atoms with Crippen molar-refractivity contribution in [3.05, 3.63) is 30.1 Å². The van der Waals surface area contributed by atoms with E-state index in [2.05, 4.69) is 20.6 Å². The van der Waals surface area contributed by atoms with Crippen LogP contribution in [0.1, 0.15) is 5.82 Å². The van der Waals surface area contributed by atoms with Gasteiger partial charge >= 0.3 is 0 Å². The minimum absolute atomic E-state index is 0. The Kier molecular flexibility index (Phi) is 4.93. The van der Waals surface area contributed by atoms with Crippen LogP contribution in [0.25, 0.3) is 11.0 Å². The maximum absolute atomic E-state index is 11.2. The molecule has 0 unspecified atom stereocenters. The summed E-state index contributed by atoms with van der Waals surface area (Å²) in [6.07, 6.45) is 0. The number of benzene rings is 1. The SMILES string of the molecule is CNCC(=O)NCc1nc2ccccc2[nH]1.Cl. The predicted octanol–water partition coefficient (Wildman–Crippen LogP) is 0.820. The smallest absolute Gasteiger partial charge is 0.234 e. The molecule has 0 radical (unpaired) electrons. The third-order valence-corrected chi connectivity index (χ3v) is 2.23. The third kappa shape index (κ3) is 3.44. The maximum Gasteiger partial charge on any atom is 0.234 e. The van der Waals surface area contributed by atoms with Crippen LogP contribution in [0.3, 0.4) is 0 Å². The summed E-state index contributed by atoms with van der Waals surface area (Å²) >= 11 is 0. The second kappa shape index (κ2) is 6.22. The standard InChI is InChI=1S/C11H14N4O.ClH/c1-12-7-11(16)13-6-10-14-8-4-2-3-5-9(8)15-10;/h2-5,12H,6-7H2,1H3,(H,13,16)(H,14,15);1H. The molecule has 2 aromatic rings. The highest BCUT2D eigenvalue weighted by Crippen LogP contribution is 2.09. The second-order valence-corrected chi connectivity index (χ2v) is 3.51. The fourth-order valence-electron chi connectivity index (χ4n) is 1.49. The van der Waals surface area contributed by atoms with E-state index in [0.717, 1.165) is 16.9 Å². The van der Waals surface area contributed by atoms with Gasteiger partial charge in [-0.25, -0.2) is 4.98 Å². The average Bonchev–Trinajstić information content (AvgIpc) is 2.69. The third-order valence-electron chi connectivity index (χ3n) is 2.23. The van der Waals surface area contributed by atoms with Crippen LogP contribution in [0.4, 0.5) is 0 Å². The lowest BCUT2D eigenvalue weighted by molar-refractivity contribution is -0.120. The van der Waals surface area contributed by atoms with Gasteiger partial charge in [-0.3, -0.25) is 4.79 Å². The Bertz CT molecular complexity index is 464. The number of rotatable bonds is 4. The first kappa shape index (κ1) is 13.5. The number of imidazole rings is 1. The number of carbonyl (C=O) groups is 1. The van der Waals surface area contributed by atoms with Gasteiger partial charge in [0.15, 0.2) is 0 Å². The minimum Gasteiger partial charge on any atom is -0.348 e. The van der Waals surface area contributed by atoms with Crippen molar-refractivity contribution < 1.29 is 4.79 Å². The van der Waals surface area contributed by atoms with Crippen molar-refractivity contribution in [1.29, 1.82) is 0 Å². The van der Waals surface area contributed by atoms with Gasteiger partial charge in [0.2, 0.25) is 5.91 Å². The van der Waals surface area contributed by atoms with E-state index in [-0.39, 0.29) is 18.3 Å². The minimum atomic E-state index is -0.0389. The number of hydrogen-bond acceptors (Lipinski definition) is 3. The van der Waals surface area contributed by atoms with Gasteiger partial charge in [-0.1, -0.05) is 12.1 Å². The molecule has 17 heavy (non-hydrogen) atoms. The second-order valence-electron chi connectivity index (χ2n) is 3.51. The number of hydrogen-bond donors (Lipinski definition) is 3. The Balaban J connectivity index is 0.00000144. The van der Waals surface area contributed by atoms with E-state index in [1.54, 1.807) is 7.05 Å². The largest absolute Gasteiger partial charge is 0.348 e. The molecule has 3 N–H and O–H groups in total. The molecule has 1 aromatic carbocycles. The summed E-state index contributed by atoms with van der Waals surface area (Å²) in [6, 6.07) is 7.78. The van der Waals surface area contributed by atoms with Gasteiger partial charge in [0.1, 0.15) is 5.82 Å². The number of amides is 1. The van der Waals surface area contributed by atoms with E-state index in [0.29, 0.717) is 13.1 Å². The van der Waals surface area contributed by atoms with Crippen LogP contribution in [0.5, 0.6) is 0 Å². The van der Waals surface area contributed by atoms with Crippen molar-refractivity contribution in [3.63, 3.8) is 0 Å². The predicted molar refractivity (Wildman–Crippen MR) is 69.1 cm³/mol. The molecule has 0 fully saturated rings. The van der Waals surface area contributed by atoms with E-state index in [4.69, 9.17) is 0 Å². The van der Waals surface area contributed by atoms with Crippen molar-refractivity contribution in [2.45, 2.75) is 6.54 Å². The van der Waals surface area contributed by atoms with Crippen molar-refractivity contribution in [1.82, 2.24) is 20.6 Å². The first-order valence-corrected chi connectivity index (χ1v) is 5.14. The molecule has 2 rings (SSSR count). The summed E-state index contributed by atoms with van der Waals surface area (Å²) in [4.78, 5) is 18.7. The van der Waals surface area contributed by atoms with Crippen LogP contribution in [-0.4, -0.2) is 29.5 Å². The number of aromatic nitrogens is 2. The lowest BCUT2D eigenvalue weighted by Crippen LogP contribution is -2.31. The molecule has 0 saturated heterocycles. The molecule has 0 aliphatic rings. The van der Waals surface area contributed by atoms with E-state index < -0.39 is 0 Å². The van der Waals surface area contributed by atoms with Gasteiger partial charge in [0, 0.05) is 0 Å². The van der Waals surface area contributed by atoms with Gasteiger partial charge in [-0.05, 0) is 19.2 Å². The topological polar surface area (TPSA) is 69.8 Å². The van der Waals surface area contributed by atoms with Crippen molar-refractivity contribution in [2.75, 3.05) is 13.6 Å². The monoisotopic (exact) mass is 254 g/mol. The number of nitrogens with zero attached hydrogens (tertiary/aromatic N) is 1. The molecule has 5 nitrogen and oxygen atoms in total. The zero-order chi connectivity index (χ0) is 11.4. The number of para-hydroxylation sites is 2. The Morgan fingerprint density at radius 3 is 2.88 bits per heavy atom. The highest BCUT2D eigenvalue weighted by molar-refractivity contribution is 5.85. The van der Waals surface area contributed by atoms with Crippen molar-refractivity contribution in [2.24, 2.45) is 0 Å². The van der Waals surface area contributed by atoms with Gasteiger partial charge in [0.05, 0.1) is 24.1 Å². The van der Waals surface area contributed by atoms with E-state index >= 15 is 0 Å². The normalized spacial score (nSPS) is 9.94. The Morgan fingerprint density at radius 1 is 1.41 bits per heavy atom. The highest BCUT2D eigenvalue weighted by Gasteiger charge is 2.03. The first-order chi connectivity index (χ1) is 7.79. The Morgan fingerprint density at radius 2 is 2.18 bits per heavy atom. The molecule has 0 aliphatic heterocycles. The molecule has 6 heteroatoms. The lowest BCUT2D eigenvalue weighted by atomic mass is 10.3. The first-order valence-electron chi connectivity index (χ1n) is 5.14. The molecule has 0 spiro atoms. The Labute approximate surface area is 105 Å². The maximum atomic E-state index is 11.2. The number of fused-ring (bicyclic) bond motifs is 1. The molecule has 0 bridgehead atoms. The zero-order valence-corrected chi connectivity index (χ0v) is 10.3. The molecule has 1 amide bonds. The molecule has 1 aromatic heterocycles. The van der Waals surface area contributed by atoms with Crippen molar-refractivity contribution in [3.8, 4) is 0 Å². The number of H-pyrrole nitrogens is 1. The van der Waals surface area contributed by atoms with Gasteiger partial charge in [-0.15, -0.1) is 12.4 Å². The van der Waals surface area contributed by atoms with Crippen molar-refractivity contribution >= 4 is 29.3 Å². The highest BCUT2D eigenvalue weighted by atomic mass is 35.5. The summed E-state index contributed by atoms with van der Waals surface area (Å²) in [5.74, 6) is 0.730. The van der Waals surface area contributed by atoms with Crippen LogP contribution in [-0.2, 0) is 11.3 Å². The summed E-state index contributed by atoms with van der Waals surface area (Å²) in [7, 11) is 1.74. The van der Waals surface area contributed by atoms with E-state index in [1.807, 2.05) is 24.3 Å². The van der Waals surface area contributed by atoms with Gasteiger partial charge in [0.25, 0.3) is 0 Å². The summed E-state index contributed by atoms with van der Waals surface area (Å²) < 4.78 is 0. The van der Waals surface area contributed by atoms with Gasteiger partial charge < -0.3 is 15.6 Å². The molecule has 0 saturated carbocycles. The average molecular weight is 255 g/mol. The molecule has 92 valence electrons. The summed E-state index contributed by atoms with van der Waals surface area (Å²) in [5.41, 5.74) is 1.90. The van der Waals surface area contributed by atoms with Crippen LogP contribution < -0.4 is 10.6 Å². The van der Waals surface area contributed by atoms with E-state index in [9.17, 15) is 4.79 Å². The molecule has 0 aliphatic carbocycles. The zero-order valence-electron chi connectivity index (χ0n) is 9.49. The number of nitrogens with one attached hydrogen (secondary N) is 3. The number of likely N-dealkylation sites (N-methyl/N-ethyl adjacent to an activating group) is 1. The lowest BCUT2D eigenvalue weighted by Gasteiger charge is -2.01. The molecule has 1 heterocycles. The van der Waals surface area contributed by atoms with Crippen LogP contribution >= 0.6 is 12.4 Å². The Hall–Kier alpha value is -1.59. The molecule has 0 atom stereocenters. The number of carbonyl (C=O) groups excluding carboxylic acids is 1. The summed E-state index contributed by atoms with van der Waals surface area (Å²) in [5, 5.41) is 5.55. The van der Waals surface area contributed by atoms with Gasteiger partial charge in [-0.2, -0.15) is 0 Å². The summed E-state index contributed by atoms with van der Waals surface area (Å²) in [6.45, 7) is 0.745. The number of halogens is 1. The molecular weight excluding hydrogens is 240 g/mol. The van der Waals surface area contributed by atoms with Crippen LogP contribution in [0, 0.1) is 0 Å².